The molecule has 4 aromatic rings. The van der Waals surface area contributed by atoms with Crippen molar-refractivity contribution in [3.63, 3.8) is 0 Å². The first kappa shape index (κ1) is 27.1. The highest BCUT2D eigenvalue weighted by Gasteiger charge is 2.50. The van der Waals surface area contributed by atoms with Gasteiger partial charge in [-0.05, 0) is 59.7 Å². The zero-order valence-electron chi connectivity index (χ0n) is 18.4. The number of benzene rings is 2. The first-order valence-electron chi connectivity index (χ1n) is 10.0. The second kappa shape index (κ2) is 9.43. The van der Waals surface area contributed by atoms with Gasteiger partial charge >= 0.3 is 31.3 Å². The van der Waals surface area contributed by atoms with E-state index in [0.29, 0.717) is 0 Å². The topological polar surface area (TPSA) is 113 Å². The first-order chi connectivity index (χ1) is 17.6. The smallest absolute Gasteiger partial charge is 0.375 e. The molecule has 2 heterocycles. The summed E-state index contributed by atoms with van der Waals surface area (Å²) in [5.74, 6) is -1.86. The summed E-state index contributed by atoms with van der Waals surface area (Å²) in [6.07, 6.45) is 4.99. The zero-order valence-corrected chi connectivity index (χ0v) is 20.0. The average molecular weight is 578 g/mol. The van der Waals surface area contributed by atoms with Gasteiger partial charge in [0.1, 0.15) is 0 Å². The van der Waals surface area contributed by atoms with E-state index in [4.69, 9.17) is 0 Å². The molecule has 200 valence electrons. The summed E-state index contributed by atoms with van der Waals surface area (Å²) in [5.41, 5.74) is -11.9. The largest absolute Gasteiger partial charge is 0.534 e. The summed E-state index contributed by atoms with van der Waals surface area (Å²) < 4.78 is 136. The van der Waals surface area contributed by atoms with Crippen molar-refractivity contribution >= 4 is 31.0 Å². The number of hydrogen-bond donors (Lipinski definition) is 0. The number of rotatable bonds is 6. The molecule has 0 aliphatic carbocycles. The molecule has 0 radical (unpaired) electrons. The molecule has 0 saturated carbocycles. The summed E-state index contributed by atoms with van der Waals surface area (Å²) >= 11 is 0. The van der Waals surface area contributed by atoms with E-state index in [9.17, 15) is 43.2 Å². The van der Waals surface area contributed by atoms with Gasteiger partial charge in [-0.25, -0.2) is 0 Å². The van der Waals surface area contributed by atoms with Crippen molar-refractivity contribution in [2.24, 2.45) is 0 Å². The maximum absolute atomic E-state index is 13.2. The second-order valence-corrected chi connectivity index (χ2v) is 10.5. The Morgan fingerprint density at radius 1 is 0.526 bits per heavy atom. The summed E-state index contributed by atoms with van der Waals surface area (Å²) in [4.78, 5) is 7.52. The molecule has 0 atom stereocenters. The van der Waals surface area contributed by atoms with Crippen LogP contribution in [0.4, 0.5) is 26.3 Å². The Morgan fingerprint density at radius 3 is 1.13 bits per heavy atom. The summed E-state index contributed by atoms with van der Waals surface area (Å²) in [7, 11) is -12.5. The lowest BCUT2D eigenvalue weighted by molar-refractivity contribution is -0.0504. The Kier molecular flexibility index (Phi) is 6.73. The first-order valence-corrected chi connectivity index (χ1v) is 12.9. The van der Waals surface area contributed by atoms with E-state index >= 15 is 0 Å². The molecule has 0 bridgehead atoms. The van der Waals surface area contributed by atoms with E-state index in [1.807, 2.05) is 0 Å². The van der Waals surface area contributed by atoms with E-state index in [1.54, 1.807) is 0 Å². The molecule has 0 aliphatic rings. The van der Waals surface area contributed by atoms with Crippen LogP contribution in [0.2, 0.25) is 0 Å². The predicted octanol–water partition coefficient (Wildman–Crippen LogP) is 5.42. The molecule has 0 unspecified atom stereocenters. The van der Waals surface area contributed by atoms with E-state index in [2.05, 4.69) is 18.3 Å². The lowest BCUT2D eigenvalue weighted by atomic mass is 9.96. The van der Waals surface area contributed by atoms with E-state index in [-0.39, 0.29) is 22.3 Å². The highest BCUT2D eigenvalue weighted by molar-refractivity contribution is 7.88. The minimum Gasteiger partial charge on any atom is -0.375 e. The van der Waals surface area contributed by atoms with Crippen LogP contribution in [0.1, 0.15) is 0 Å². The van der Waals surface area contributed by atoms with Crippen LogP contribution in [0.15, 0.2) is 73.3 Å². The van der Waals surface area contributed by atoms with Crippen LogP contribution in [-0.2, 0) is 20.2 Å². The fourth-order valence-corrected chi connectivity index (χ4v) is 4.35. The normalized spacial score (nSPS) is 12.9. The number of nitrogens with zero attached hydrogens (tertiary/aromatic N) is 2. The minimum absolute atomic E-state index is 0.137. The van der Waals surface area contributed by atoms with Crippen LogP contribution in [0.25, 0.3) is 33.0 Å². The quantitative estimate of drug-likeness (QED) is 0.169. The van der Waals surface area contributed by atoms with E-state index in [1.165, 1.54) is 49.1 Å². The van der Waals surface area contributed by atoms with Gasteiger partial charge in [0.2, 0.25) is 0 Å². The maximum Gasteiger partial charge on any atom is 0.534 e. The van der Waals surface area contributed by atoms with Gasteiger partial charge in [-0.2, -0.15) is 43.2 Å². The maximum atomic E-state index is 13.2. The zero-order chi connectivity index (χ0) is 27.9. The van der Waals surface area contributed by atoms with Gasteiger partial charge in [0.15, 0.2) is 11.5 Å². The molecule has 38 heavy (non-hydrogen) atoms. The Bertz CT molecular complexity index is 1580. The molecule has 16 heteroatoms. The molecule has 2 aromatic heterocycles. The van der Waals surface area contributed by atoms with Gasteiger partial charge in [0.25, 0.3) is 0 Å². The summed E-state index contributed by atoms with van der Waals surface area (Å²) in [6.45, 7) is 0. The Labute approximate surface area is 210 Å². The number of hydrogen-bond acceptors (Lipinski definition) is 8. The van der Waals surface area contributed by atoms with Gasteiger partial charge in [0, 0.05) is 46.7 Å². The highest BCUT2D eigenvalue weighted by atomic mass is 32.2. The standard InChI is InChI=1S/C22H12F6N2O6S2/c23-21(24,25)37(31,32)35-19-15(13-5-9-29-10-6-13)1-3-17-18(19)4-2-16(14-7-11-30-12-8-14)20(17)36-38(33,34)22(26,27)28/h1-12H. The van der Waals surface area contributed by atoms with Crippen molar-refractivity contribution in [2.45, 2.75) is 11.0 Å². The van der Waals surface area contributed by atoms with Crippen LogP contribution in [0, 0.1) is 0 Å². The molecule has 0 amide bonds. The molecule has 0 spiro atoms. The number of halogens is 6. The van der Waals surface area contributed by atoms with Gasteiger partial charge in [-0.3, -0.25) is 9.97 Å². The second-order valence-electron chi connectivity index (χ2n) is 7.42. The lowest BCUT2D eigenvalue weighted by Gasteiger charge is -2.19. The molecule has 0 N–H and O–H groups in total. The predicted molar refractivity (Wildman–Crippen MR) is 122 cm³/mol. The van der Waals surface area contributed by atoms with Gasteiger partial charge in [-0.1, -0.05) is 0 Å². The average Bonchev–Trinajstić information content (AvgIpc) is 2.84. The third-order valence-electron chi connectivity index (χ3n) is 5.04. The van der Waals surface area contributed by atoms with Crippen LogP contribution in [0.3, 0.4) is 0 Å². The van der Waals surface area contributed by atoms with Gasteiger partial charge in [-0.15, -0.1) is 0 Å². The third-order valence-corrected chi connectivity index (χ3v) is 6.94. The molecular formula is C22H12F6N2O6S2. The van der Waals surface area contributed by atoms with E-state index in [0.717, 1.165) is 24.3 Å². The minimum atomic E-state index is -6.27. The van der Waals surface area contributed by atoms with Crippen molar-refractivity contribution in [3.05, 3.63) is 73.3 Å². The monoisotopic (exact) mass is 578 g/mol. The Hall–Kier alpha value is -3.92. The lowest BCUT2D eigenvalue weighted by Crippen LogP contribution is -2.28. The fraction of sp³-hybridized carbons (Fsp3) is 0.0909. The van der Waals surface area contributed by atoms with Crippen LogP contribution >= 0.6 is 0 Å². The van der Waals surface area contributed by atoms with Crippen molar-refractivity contribution < 1.29 is 51.5 Å². The highest BCUT2D eigenvalue weighted by Crippen LogP contribution is 2.46. The number of fused-ring (bicyclic) bond motifs is 1. The van der Waals surface area contributed by atoms with Gasteiger partial charge < -0.3 is 8.37 Å². The van der Waals surface area contributed by atoms with Crippen LogP contribution in [0.5, 0.6) is 11.5 Å². The third kappa shape index (κ3) is 5.08. The van der Waals surface area contributed by atoms with Gasteiger partial charge in [0.05, 0.1) is 0 Å². The summed E-state index contributed by atoms with van der Waals surface area (Å²) in [5, 5.41) is -0.977. The van der Waals surface area contributed by atoms with Crippen molar-refractivity contribution in [1.29, 1.82) is 0 Å². The summed E-state index contributed by atoms with van der Waals surface area (Å²) in [6, 6.07) is 9.45. The molecule has 2 aromatic carbocycles. The van der Waals surface area contributed by atoms with Crippen LogP contribution < -0.4 is 8.37 Å². The molecule has 0 aliphatic heterocycles. The Morgan fingerprint density at radius 2 is 0.842 bits per heavy atom. The van der Waals surface area contributed by atoms with Crippen molar-refractivity contribution in [1.82, 2.24) is 9.97 Å². The molecule has 4 rings (SSSR count). The van der Waals surface area contributed by atoms with Crippen molar-refractivity contribution in [3.8, 4) is 33.8 Å². The molecular weight excluding hydrogens is 566 g/mol. The fourth-order valence-electron chi connectivity index (χ4n) is 3.36. The number of alkyl halides is 6. The molecule has 0 saturated heterocycles. The SMILES string of the molecule is O=S(=O)(Oc1c(-c2ccncc2)ccc2c(OS(=O)(=O)C(F)(F)F)c(-c3ccncc3)ccc12)C(F)(F)F. The number of pyridine rings is 2. The molecule has 8 nitrogen and oxygen atoms in total. The number of aromatic nitrogens is 2. The molecule has 0 fully saturated rings. The Balaban J connectivity index is 2.09. The van der Waals surface area contributed by atoms with Crippen molar-refractivity contribution in [2.75, 3.05) is 0 Å². The van der Waals surface area contributed by atoms with Crippen LogP contribution in [-0.4, -0.2) is 37.8 Å². The van der Waals surface area contributed by atoms with E-state index < -0.39 is 53.5 Å².